The summed E-state index contributed by atoms with van der Waals surface area (Å²) in [6, 6.07) is 12.6. The lowest BCUT2D eigenvalue weighted by atomic mass is 9.73. The molecular formula is C42H60Cl2N4O3S2. The molecule has 0 unspecified atom stereocenters. The van der Waals surface area contributed by atoms with Crippen molar-refractivity contribution in [1.82, 2.24) is 20.0 Å². The summed E-state index contributed by atoms with van der Waals surface area (Å²) in [7, 11) is 0. The van der Waals surface area contributed by atoms with Crippen LogP contribution in [0.4, 0.5) is 0 Å². The third-order valence-electron chi connectivity index (χ3n) is 10.6. The van der Waals surface area contributed by atoms with Crippen molar-refractivity contribution >= 4 is 57.8 Å². The number of hydrogen-bond donors (Lipinski definition) is 2. The number of carbonyl (C=O) groups excluding carboxylic acids is 1. The molecule has 0 aromatic carbocycles. The van der Waals surface area contributed by atoms with E-state index >= 15 is 0 Å². The minimum Gasteiger partial charge on any atom is -0.481 e. The van der Waals surface area contributed by atoms with E-state index in [4.69, 9.17) is 33.4 Å². The number of halogens is 2. The van der Waals surface area contributed by atoms with Crippen molar-refractivity contribution in [2.24, 2.45) is 10.8 Å². The maximum atomic E-state index is 13.0. The van der Waals surface area contributed by atoms with Gasteiger partial charge in [-0.1, -0.05) is 96.3 Å². The molecule has 2 saturated carbocycles. The standard InChI is InChI=1S/C21H29ClN2OS.C16H21ClN2S.C5H10O2/c1-20(2,3)19(25)24-15(8-9-16-10-11-18(22)26-16)14-17(23-24)21(4)12-6-5-7-13-21;1-16(9-3-2-4-10-16)14-11-12(18-19-14)5-6-13-7-8-15(17)20-13;1-5(2,3)4(6)7/h10-11,14H,5-9,12-13H2,1-4H3;7-8,11H,2-6,9-10H2,1H3,(H,18,19);1-3H3,(H,6,7). The van der Waals surface area contributed by atoms with Crippen LogP contribution in [0.1, 0.15) is 157 Å². The second-order valence-electron chi connectivity index (χ2n) is 17.5. The number of aryl methyl sites for hydroxylation is 4. The summed E-state index contributed by atoms with van der Waals surface area (Å²) in [5.41, 5.74) is 3.98. The normalized spacial score (nSPS) is 16.9. The summed E-state index contributed by atoms with van der Waals surface area (Å²) < 4.78 is 3.37. The topological polar surface area (TPSA) is 101 Å². The third kappa shape index (κ3) is 12.5. The summed E-state index contributed by atoms with van der Waals surface area (Å²) in [6.07, 6.45) is 16.5. The molecule has 2 aliphatic rings. The number of thiophene rings is 2. The predicted octanol–water partition coefficient (Wildman–Crippen LogP) is 12.5. The molecule has 4 heterocycles. The highest BCUT2D eigenvalue weighted by atomic mass is 35.5. The van der Waals surface area contributed by atoms with Crippen LogP contribution in [0.5, 0.6) is 0 Å². The largest absolute Gasteiger partial charge is 0.481 e. The molecule has 4 aromatic rings. The van der Waals surface area contributed by atoms with E-state index in [1.54, 1.807) is 48.1 Å². The predicted molar refractivity (Wildman–Crippen MR) is 222 cm³/mol. The van der Waals surface area contributed by atoms with Crippen LogP contribution >= 0.6 is 45.9 Å². The van der Waals surface area contributed by atoms with E-state index < -0.39 is 16.8 Å². The lowest BCUT2D eigenvalue weighted by Gasteiger charge is -2.31. The molecule has 292 valence electrons. The van der Waals surface area contributed by atoms with Gasteiger partial charge in [0.05, 0.1) is 25.5 Å². The maximum absolute atomic E-state index is 13.0. The van der Waals surface area contributed by atoms with E-state index in [2.05, 4.69) is 48.3 Å². The molecule has 2 aliphatic carbocycles. The zero-order chi connectivity index (χ0) is 39.0. The summed E-state index contributed by atoms with van der Waals surface area (Å²) in [5.74, 6) is -0.685. The molecule has 0 bridgehead atoms. The Morgan fingerprint density at radius 1 is 0.736 bits per heavy atom. The average molecular weight is 804 g/mol. The van der Waals surface area contributed by atoms with Gasteiger partial charge in [0.25, 0.3) is 5.91 Å². The number of nitrogens with one attached hydrogen (secondary N) is 1. The van der Waals surface area contributed by atoms with Crippen molar-refractivity contribution in [3.63, 3.8) is 0 Å². The fourth-order valence-corrected chi connectivity index (χ4v) is 9.02. The Labute approximate surface area is 335 Å². The Balaban J connectivity index is 0.000000205. The van der Waals surface area contributed by atoms with Gasteiger partial charge in [-0.2, -0.15) is 10.2 Å². The molecule has 4 aromatic heterocycles. The fourth-order valence-electron chi connectivity index (χ4n) is 6.84. The molecule has 53 heavy (non-hydrogen) atoms. The highest BCUT2D eigenvalue weighted by Gasteiger charge is 2.35. The number of H-pyrrole nitrogens is 1. The molecule has 2 N–H and O–H groups in total. The molecule has 0 atom stereocenters. The number of aromatic nitrogens is 4. The van der Waals surface area contributed by atoms with Crippen LogP contribution in [0, 0.1) is 10.8 Å². The van der Waals surface area contributed by atoms with Gasteiger partial charge >= 0.3 is 5.97 Å². The zero-order valence-corrected chi connectivity index (χ0v) is 36.2. The van der Waals surface area contributed by atoms with Crippen LogP contribution in [-0.2, 0) is 41.3 Å². The first kappa shape index (κ1) is 43.3. The Bertz CT molecular complexity index is 1780. The van der Waals surface area contributed by atoms with E-state index in [-0.39, 0.29) is 11.3 Å². The minimum atomic E-state index is -0.757. The molecule has 0 radical (unpaired) electrons. The summed E-state index contributed by atoms with van der Waals surface area (Å²) in [6.45, 7) is 15.5. The van der Waals surface area contributed by atoms with Gasteiger partial charge in [-0.05, 0) is 109 Å². The highest BCUT2D eigenvalue weighted by Crippen LogP contribution is 2.40. The monoisotopic (exact) mass is 802 g/mol. The van der Waals surface area contributed by atoms with Gasteiger partial charge in [-0.15, -0.1) is 22.7 Å². The van der Waals surface area contributed by atoms with Crippen LogP contribution in [-0.4, -0.2) is 37.0 Å². The van der Waals surface area contributed by atoms with E-state index in [9.17, 15) is 9.59 Å². The number of rotatable bonds is 8. The lowest BCUT2D eigenvalue weighted by molar-refractivity contribution is -0.145. The number of hydrogen-bond acceptors (Lipinski definition) is 6. The molecule has 0 aliphatic heterocycles. The smallest absolute Gasteiger partial charge is 0.308 e. The van der Waals surface area contributed by atoms with E-state index in [1.165, 1.54) is 72.5 Å². The maximum Gasteiger partial charge on any atom is 0.308 e. The summed E-state index contributed by atoms with van der Waals surface area (Å²) in [4.78, 5) is 25.6. The third-order valence-corrected chi connectivity index (χ3v) is 13.1. The van der Waals surface area contributed by atoms with Gasteiger partial charge in [0.1, 0.15) is 0 Å². The molecule has 2 fully saturated rings. The first-order valence-electron chi connectivity index (χ1n) is 19.2. The highest BCUT2D eigenvalue weighted by molar-refractivity contribution is 7.16. The number of aromatic amines is 1. The van der Waals surface area contributed by atoms with Gasteiger partial charge < -0.3 is 5.11 Å². The van der Waals surface area contributed by atoms with Gasteiger partial charge in [-0.25, -0.2) is 4.68 Å². The van der Waals surface area contributed by atoms with Crippen LogP contribution in [0.2, 0.25) is 8.67 Å². The summed E-state index contributed by atoms with van der Waals surface area (Å²) >= 11 is 15.3. The zero-order valence-electron chi connectivity index (χ0n) is 33.0. The second-order valence-corrected chi connectivity index (χ2v) is 21.1. The first-order chi connectivity index (χ1) is 24.8. The van der Waals surface area contributed by atoms with Crippen molar-refractivity contribution in [2.45, 2.75) is 156 Å². The van der Waals surface area contributed by atoms with Crippen molar-refractivity contribution in [1.29, 1.82) is 0 Å². The van der Waals surface area contributed by atoms with E-state index in [0.29, 0.717) is 5.41 Å². The van der Waals surface area contributed by atoms with Crippen molar-refractivity contribution < 1.29 is 14.7 Å². The Morgan fingerprint density at radius 2 is 1.21 bits per heavy atom. The lowest BCUT2D eigenvalue weighted by Crippen LogP contribution is -2.30. The Hall–Kier alpha value is -2.46. The number of nitrogens with zero attached hydrogens (tertiary/aromatic N) is 3. The number of carboxylic acid groups (broad SMARTS) is 1. The Kier molecular flexibility index (Phi) is 15.1. The minimum absolute atomic E-state index is 0.0716. The number of carbonyl (C=O) groups is 2. The van der Waals surface area contributed by atoms with E-state index in [0.717, 1.165) is 58.6 Å². The average Bonchev–Trinajstić information content (AvgIpc) is 3.91. The quantitative estimate of drug-likeness (QED) is 0.185. The van der Waals surface area contributed by atoms with E-state index in [1.807, 2.05) is 32.9 Å². The first-order valence-corrected chi connectivity index (χ1v) is 21.6. The molecule has 0 saturated heterocycles. The van der Waals surface area contributed by atoms with Gasteiger partial charge in [0.15, 0.2) is 0 Å². The number of carboxylic acids is 1. The molecule has 0 spiro atoms. The van der Waals surface area contributed by atoms with Crippen molar-refractivity contribution in [3.8, 4) is 0 Å². The van der Waals surface area contributed by atoms with Crippen molar-refractivity contribution in [3.05, 3.63) is 77.6 Å². The molecule has 0 amide bonds. The molecule has 7 nitrogen and oxygen atoms in total. The number of aliphatic carboxylic acids is 1. The van der Waals surface area contributed by atoms with Gasteiger partial charge in [-0.3, -0.25) is 14.7 Å². The fraction of sp³-hybridized carbons (Fsp3) is 0.619. The van der Waals surface area contributed by atoms with Crippen molar-refractivity contribution in [2.75, 3.05) is 0 Å². The summed E-state index contributed by atoms with van der Waals surface area (Å²) in [5, 5.41) is 20.9. The van der Waals surface area contributed by atoms with Gasteiger partial charge in [0.2, 0.25) is 0 Å². The van der Waals surface area contributed by atoms with Crippen LogP contribution in [0.15, 0.2) is 36.4 Å². The SMILES string of the molecule is CC(C)(C)C(=O)O.CC(C)(C)C(=O)n1nc(C2(C)CCCCC2)cc1CCc1ccc(Cl)s1.CC1(c2cc(CCc3ccc(Cl)s3)[nH]n2)CCCCC1. The van der Waals surface area contributed by atoms with Crippen LogP contribution in [0.3, 0.4) is 0 Å². The van der Waals surface area contributed by atoms with Crippen LogP contribution in [0.25, 0.3) is 0 Å². The van der Waals surface area contributed by atoms with Gasteiger partial charge in [0, 0.05) is 37.4 Å². The molecule has 6 rings (SSSR count). The second kappa shape index (κ2) is 18.4. The molecular weight excluding hydrogens is 744 g/mol. The Morgan fingerprint density at radius 3 is 1.64 bits per heavy atom. The molecule has 11 heteroatoms. The van der Waals surface area contributed by atoms with Crippen LogP contribution < -0.4 is 0 Å².